The predicted octanol–water partition coefficient (Wildman–Crippen LogP) is 2.41. The summed E-state index contributed by atoms with van der Waals surface area (Å²) in [7, 11) is 0. The fraction of sp³-hybridized carbons (Fsp3) is 0.381. The van der Waals surface area contributed by atoms with Gasteiger partial charge in [-0.25, -0.2) is 0 Å². The Morgan fingerprint density at radius 2 is 1.68 bits per heavy atom. The number of amides is 2. The monoisotopic (exact) mass is 380 g/mol. The Balaban J connectivity index is 1.42. The molecule has 3 heterocycles. The summed E-state index contributed by atoms with van der Waals surface area (Å²) in [6.45, 7) is 4.31. The highest BCUT2D eigenvalue weighted by molar-refractivity contribution is 6.05. The Labute approximate surface area is 164 Å². The molecule has 2 aromatic rings. The van der Waals surface area contributed by atoms with Gasteiger partial charge in [-0.15, -0.1) is 0 Å². The molecule has 28 heavy (non-hydrogen) atoms. The number of ether oxygens (including phenoxy) is 1. The molecule has 0 radical (unpaired) electrons. The van der Waals surface area contributed by atoms with Crippen LogP contribution in [0.25, 0.3) is 0 Å². The molecule has 0 saturated carbocycles. The predicted molar refractivity (Wildman–Crippen MR) is 107 cm³/mol. The minimum atomic E-state index is -0.257. The van der Waals surface area contributed by atoms with Crippen LogP contribution in [0.5, 0.6) is 0 Å². The van der Waals surface area contributed by atoms with Crippen molar-refractivity contribution in [1.82, 2.24) is 9.88 Å². The zero-order valence-electron chi connectivity index (χ0n) is 15.8. The standard InChI is InChI=1S/C21H24N4O3/c26-20(23-17-3-5-18(6-4-17)24-9-1-2-10-24)16-7-8-22-19(15-16)21(27)25-11-13-28-14-12-25/h3-8,15H,1-2,9-14H2,(H,23,26). The Morgan fingerprint density at radius 1 is 0.964 bits per heavy atom. The Kier molecular flexibility index (Phi) is 5.53. The van der Waals surface area contributed by atoms with Gasteiger partial charge in [-0.05, 0) is 49.2 Å². The number of carbonyl (C=O) groups excluding carboxylic acids is 2. The van der Waals surface area contributed by atoms with Crippen molar-refractivity contribution in [3.63, 3.8) is 0 Å². The number of pyridine rings is 1. The average molecular weight is 380 g/mol. The molecule has 0 atom stereocenters. The molecule has 0 unspecified atom stereocenters. The highest BCUT2D eigenvalue weighted by Crippen LogP contribution is 2.22. The van der Waals surface area contributed by atoms with Gasteiger partial charge in [-0.1, -0.05) is 0 Å². The summed E-state index contributed by atoms with van der Waals surface area (Å²) in [5.41, 5.74) is 2.60. The maximum absolute atomic E-state index is 12.6. The number of hydrogen-bond donors (Lipinski definition) is 1. The van der Waals surface area contributed by atoms with E-state index < -0.39 is 0 Å². The summed E-state index contributed by atoms with van der Waals surface area (Å²) in [4.78, 5) is 33.4. The number of nitrogens with zero attached hydrogens (tertiary/aromatic N) is 3. The second-order valence-electron chi connectivity index (χ2n) is 7.03. The van der Waals surface area contributed by atoms with E-state index in [1.807, 2.05) is 24.3 Å². The Bertz CT molecular complexity index is 841. The zero-order chi connectivity index (χ0) is 19.3. The van der Waals surface area contributed by atoms with Crippen LogP contribution in [0.4, 0.5) is 11.4 Å². The number of nitrogens with one attached hydrogen (secondary N) is 1. The van der Waals surface area contributed by atoms with Crippen molar-refractivity contribution < 1.29 is 14.3 Å². The highest BCUT2D eigenvalue weighted by atomic mass is 16.5. The van der Waals surface area contributed by atoms with Crippen molar-refractivity contribution in [3.05, 3.63) is 53.9 Å². The molecule has 2 fully saturated rings. The largest absolute Gasteiger partial charge is 0.378 e. The molecule has 1 aromatic carbocycles. The van der Waals surface area contributed by atoms with Gasteiger partial charge in [0.25, 0.3) is 11.8 Å². The number of benzene rings is 1. The van der Waals surface area contributed by atoms with Gasteiger partial charge in [0.05, 0.1) is 13.2 Å². The van der Waals surface area contributed by atoms with Crippen LogP contribution in [0, 0.1) is 0 Å². The van der Waals surface area contributed by atoms with E-state index in [4.69, 9.17) is 4.74 Å². The summed E-state index contributed by atoms with van der Waals surface area (Å²) in [5.74, 6) is -0.430. The van der Waals surface area contributed by atoms with Gasteiger partial charge in [0.15, 0.2) is 0 Å². The van der Waals surface area contributed by atoms with Crippen LogP contribution in [0.1, 0.15) is 33.7 Å². The molecular formula is C21H24N4O3. The fourth-order valence-electron chi connectivity index (χ4n) is 3.55. The van der Waals surface area contributed by atoms with Crippen LogP contribution in [0.3, 0.4) is 0 Å². The molecule has 7 nitrogen and oxygen atoms in total. The van der Waals surface area contributed by atoms with Crippen LogP contribution in [0.15, 0.2) is 42.6 Å². The first-order valence-corrected chi connectivity index (χ1v) is 9.70. The minimum Gasteiger partial charge on any atom is -0.378 e. The number of carbonyl (C=O) groups is 2. The smallest absolute Gasteiger partial charge is 0.272 e. The van der Waals surface area contributed by atoms with Gasteiger partial charge in [-0.2, -0.15) is 0 Å². The lowest BCUT2D eigenvalue weighted by molar-refractivity contribution is 0.0299. The van der Waals surface area contributed by atoms with Gasteiger partial charge in [0.1, 0.15) is 5.69 Å². The fourth-order valence-corrected chi connectivity index (χ4v) is 3.55. The van der Waals surface area contributed by atoms with Crippen molar-refractivity contribution in [1.29, 1.82) is 0 Å². The van der Waals surface area contributed by atoms with E-state index in [2.05, 4.69) is 15.2 Å². The normalized spacial score (nSPS) is 16.9. The molecule has 146 valence electrons. The summed E-state index contributed by atoms with van der Waals surface area (Å²) in [6.07, 6.45) is 3.96. The number of hydrogen-bond acceptors (Lipinski definition) is 5. The van der Waals surface area contributed by atoms with Gasteiger partial charge in [0.2, 0.25) is 0 Å². The van der Waals surface area contributed by atoms with Crippen LogP contribution in [-0.4, -0.2) is 61.1 Å². The summed E-state index contributed by atoms with van der Waals surface area (Å²) in [6, 6.07) is 11.0. The third-order valence-electron chi connectivity index (χ3n) is 5.14. The topological polar surface area (TPSA) is 74.8 Å². The quantitative estimate of drug-likeness (QED) is 0.882. The van der Waals surface area contributed by atoms with E-state index in [0.29, 0.717) is 31.9 Å². The third-order valence-corrected chi connectivity index (χ3v) is 5.14. The van der Waals surface area contributed by atoms with Crippen LogP contribution in [0.2, 0.25) is 0 Å². The van der Waals surface area contributed by atoms with E-state index in [-0.39, 0.29) is 17.5 Å². The van der Waals surface area contributed by atoms with Crippen molar-refractivity contribution in [2.75, 3.05) is 49.6 Å². The molecule has 0 aliphatic carbocycles. The first-order valence-electron chi connectivity index (χ1n) is 9.70. The molecule has 2 aliphatic rings. The molecule has 2 saturated heterocycles. The maximum atomic E-state index is 12.6. The summed E-state index contributed by atoms with van der Waals surface area (Å²) < 4.78 is 5.27. The number of morpholine rings is 1. The second-order valence-corrected chi connectivity index (χ2v) is 7.03. The summed E-state index contributed by atoms with van der Waals surface area (Å²) >= 11 is 0. The molecule has 4 rings (SSSR count). The van der Waals surface area contributed by atoms with Crippen LogP contribution >= 0.6 is 0 Å². The zero-order valence-corrected chi connectivity index (χ0v) is 15.8. The van der Waals surface area contributed by atoms with Crippen LogP contribution in [-0.2, 0) is 4.74 Å². The first kappa shape index (κ1) is 18.4. The third kappa shape index (κ3) is 4.14. The molecular weight excluding hydrogens is 356 g/mol. The van der Waals surface area contributed by atoms with Gasteiger partial charge in [-0.3, -0.25) is 14.6 Å². The second kappa shape index (κ2) is 8.39. The van der Waals surface area contributed by atoms with E-state index >= 15 is 0 Å². The molecule has 0 spiro atoms. The van der Waals surface area contributed by atoms with Gasteiger partial charge >= 0.3 is 0 Å². The first-order chi connectivity index (χ1) is 13.7. The van der Waals surface area contributed by atoms with E-state index in [9.17, 15) is 9.59 Å². The average Bonchev–Trinajstić information content (AvgIpc) is 3.29. The van der Waals surface area contributed by atoms with Crippen molar-refractivity contribution in [2.24, 2.45) is 0 Å². The van der Waals surface area contributed by atoms with Crippen LogP contribution < -0.4 is 10.2 Å². The Hall–Kier alpha value is -2.93. The van der Waals surface area contributed by atoms with E-state index in [1.54, 1.807) is 17.0 Å². The molecule has 2 amide bonds. The van der Waals surface area contributed by atoms with Crippen molar-refractivity contribution >= 4 is 23.2 Å². The summed E-state index contributed by atoms with van der Waals surface area (Å²) in [5, 5.41) is 2.89. The minimum absolute atomic E-state index is 0.173. The molecule has 2 aliphatic heterocycles. The van der Waals surface area contributed by atoms with Gasteiger partial charge in [0, 0.05) is 49.3 Å². The molecule has 0 bridgehead atoms. The lowest BCUT2D eigenvalue weighted by Crippen LogP contribution is -2.41. The maximum Gasteiger partial charge on any atom is 0.272 e. The number of anilines is 2. The van der Waals surface area contributed by atoms with E-state index in [0.717, 1.165) is 18.8 Å². The lowest BCUT2D eigenvalue weighted by atomic mass is 10.2. The molecule has 1 N–H and O–H groups in total. The van der Waals surface area contributed by atoms with Crippen molar-refractivity contribution in [3.8, 4) is 0 Å². The SMILES string of the molecule is O=C(Nc1ccc(N2CCCC2)cc1)c1ccnc(C(=O)N2CCOCC2)c1. The number of rotatable bonds is 4. The molecule has 7 heteroatoms. The van der Waals surface area contributed by atoms with E-state index in [1.165, 1.54) is 24.7 Å². The number of aromatic nitrogens is 1. The van der Waals surface area contributed by atoms with Crippen molar-refractivity contribution in [2.45, 2.75) is 12.8 Å². The highest BCUT2D eigenvalue weighted by Gasteiger charge is 2.20. The molecule has 1 aromatic heterocycles. The Morgan fingerprint density at radius 3 is 2.39 bits per heavy atom. The lowest BCUT2D eigenvalue weighted by Gasteiger charge is -2.26. The van der Waals surface area contributed by atoms with Gasteiger partial charge < -0.3 is 19.9 Å².